The third kappa shape index (κ3) is 3.53. The minimum atomic E-state index is -3.46. The molecule has 0 amide bonds. The van der Waals surface area contributed by atoms with Gasteiger partial charge in [0.25, 0.3) is 0 Å². The number of alkyl halides is 1. The zero-order chi connectivity index (χ0) is 14.8. The monoisotopic (exact) mass is 332 g/mol. The molecule has 0 saturated carbocycles. The highest BCUT2D eigenvalue weighted by Crippen LogP contribution is 2.28. The molecule has 0 radical (unpaired) electrons. The van der Waals surface area contributed by atoms with Crippen molar-refractivity contribution in [3.05, 3.63) is 35.5 Å². The SMILES string of the molecule is CC(CCl)CS(=O)(=O)Nc1ccc(Cl)c2ncccc12. The van der Waals surface area contributed by atoms with Gasteiger partial charge in [-0.05, 0) is 30.2 Å². The molecule has 0 spiro atoms. The molecule has 1 aromatic carbocycles. The summed E-state index contributed by atoms with van der Waals surface area (Å²) in [6.07, 6.45) is 1.61. The molecule has 1 atom stereocenters. The van der Waals surface area contributed by atoms with Gasteiger partial charge in [0.05, 0.1) is 22.0 Å². The van der Waals surface area contributed by atoms with E-state index in [1.807, 2.05) is 0 Å². The summed E-state index contributed by atoms with van der Waals surface area (Å²) >= 11 is 11.7. The molecule has 1 aromatic heterocycles. The van der Waals surface area contributed by atoms with Gasteiger partial charge in [-0.2, -0.15) is 0 Å². The summed E-state index contributed by atoms with van der Waals surface area (Å²) < 4.78 is 26.7. The Morgan fingerprint density at radius 2 is 2.10 bits per heavy atom. The van der Waals surface area contributed by atoms with Crippen molar-refractivity contribution < 1.29 is 8.42 Å². The number of hydrogen-bond donors (Lipinski definition) is 1. The number of nitrogens with one attached hydrogen (secondary N) is 1. The van der Waals surface area contributed by atoms with E-state index in [-0.39, 0.29) is 11.7 Å². The summed E-state index contributed by atoms with van der Waals surface area (Å²) in [5.74, 6) is 0.149. The van der Waals surface area contributed by atoms with E-state index in [4.69, 9.17) is 23.2 Å². The second kappa shape index (κ2) is 6.16. The Kier molecular flexibility index (Phi) is 4.73. The number of halogens is 2. The minimum absolute atomic E-state index is 0.0269. The number of pyridine rings is 1. The number of fused-ring (bicyclic) bond motifs is 1. The molecule has 0 aliphatic heterocycles. The highest BCUT2D eigenvalue weighted by Gasteiger charge is 2.17. The number of anilines is 1. The smallest absolute Gasteiger partial charge is 0.233 e. The van der Waals surface area contributed by atoms with Gasteiger partial charge in [-0.25, -0.2) is 8.42 Å². The summed E-state index contributed by atoms with van der Waals surface area (Å²) in [6, 6.07) is 6.77. The lowest BCUT2D eigenvalue weighted by molar-refractivity contribution is 0.588. The van der Waals surface area contributed by atoms with E-state index in [0.717, 1.165) is 0 Å². The van der Waals surface area contributed by atoms with Gasteiger partial charge < -0.3 is 0 Å². The van der Waals surface area contributed by atoms with E-state index in [0.29, 0.717) is 27.5 Å². The molecule has 108 valence electrons. The minimum Gasteiger partial charge on any atom is -0.283 e. The van der Waals surface area contributed by atoms with Crippen LogP contribution in [0.15, 0.2) is 30.5 Å². The quantitative estimate of drug-likeness (QED) is 0.852. The van der Waals surface area contributed by atoms with Crippen LogP contribution in [0.3, 0.4) is 0 Å². The van der Waals surface area contributed by atoms with Crippen LogP contribution in [0.25, 0.3) is 10.9 Å². The number of nitrogens with zero attached hydrogens (tertiary/aromatic N) is 1. The lowest BCUT2D eigenvalue weighted by atomic mass is 10.2. The lowest BCUT2D eigenvalue weighted by Gasteiger charge is -2.13. The first kappa shape index (κ1) is 15.4. The van der Waals surface area contributed by atoms with Crippen LogP contribution in [-0.4, -0.2) is 25.0 Å². The van der Waals surface area contributed by atoms with Crippen LogP contribution in [0.1, 0.15) is 6.92 Å². The van der Waals surface area contributed by atoms with Crippen molar-refractivity contribution in [3.8, 4) is 0 Å². The van der Waals surface area contributed by atoms with E-state index in [2.05, 4.69) is 9.71 Å². The van der Waals surface area contributed by atoms with Gasteiger partial charge >= 0.3 is 0 Å². The van der Waals surface area contributed by atoms with Crippen molar-refractivity contribution in [3.63, 3.8) is 0 Å². The van der Waals surface area contributed by atoms with Crippen LogP contribution >= 0.6 is 23.2 Å². The summed E-state index contributed by atoms with van der Waals surface area (Å²) in [6.45, 7) is 1.79. The lowest BCUT2D eigenvalue weighted by Crippen LogP contribution is -2.22. The molecular weight excluding hydrogens is 319 g/mol. The first-order valence-corrected chi connectivity index (χ1v) is 8.59. The first-order chi connectivity index (χ1) is 9.43. The summed E-state index contributed by atoms with van der Waals surface area (Å²) in [5.41, 5.74) is 1.04. The molecular formula is C13H14Cl2N2O2S. The van der Waals surface area contributed by atoms with Crippen molar-refractivity contribution >= 4 is 49.8 Å². The van der Waals surface area contributed by atoms with E-state index < -0.39 is 10.0 Å². The van der Waals surface area contributed by atoms with E-state index >= 15 is 0 Å². The number of rotatable bonds is 5. The molecule has 4 nitrogen and oxygen atoms in total. The summed E-state index contributed by atoms with van der Waals surface area (Å²) in [5, 5.41) is 1.15. The van der Waals surface area contributed by atoms with E-state index in [9.17, 15) is 8.42 Å². The van der Waals surface area contributed by atoms with Gasteiger partial charge in [0.2, 0.25) is 10.0 Å². The average Bonchev–Trinajstić information content (AvgIpc) is 2.41. The van der Waals surface area contributed by atoms with Crippen molar-refractivity contribution in [1.29, 1.82) is 0 Å². The standard InChI is InChI=1S/C13H14Cl2N2O2S/c1-9(7-14)8-20(18,19)17-12-5-4-11(15)13-10(12)3-2-6-16-13/h2-6,9,17H,7-8H2,1H3. The molecule has 0 saturated heterocycles. The molecule has 0 fully saturated rings. The maximum atomic E-state index is 12.1. The Balaban J connectivity index is 2.38. The van der Waals surface area contributed by atoms with Crippen LogP contribution in [0.2, 0.25) is 5.02 Å². The molecule has 2 rings (SSSR count). The normalized spacial score (nSPS) is 13.3. The Morgan fingerprint density at radius 3 is 2.80 bits per heavy atom. The molecule has 7 heteroatoms. The Labute approximate surface area is 128 Å². The Bertz CT molecular complexity index is 719. The molecule has 0 bridgehead atoms. The molecule has 0 aliphatic rings. The van der Waals surface area contributed by atoms with Crippen molar-refractivity contribution in [2.24, 2.45) is 5.92 Å². The van der Waals surface area contributed by atoms with Gasteiger partial charge in [0.1, 0.15) is 0 Å². The Hall–Kier alpha value is -1.04. The third-order valence-electron chi connectivity index (χ3n) is 2.75. The zero-order valence-electron chi connectivity index (χ0n) is 10.8. The summed E-state index contributed by atoms with van der Waals surface area (Å²) in [7, 11) is -3.46. The van der Waals surface area contributed by atoms with Gasteiger partial charge in [-0.3, -0.25) is 9.71 Å². The molecule has 1 N–H and O–H groups in total. The highest BCUT2D eigenvalue weighted by atomic mass is 35.5. The second-order valence-corrected chi connectivity index (χ2v) is 7.12. The van der Waals surface area contributed by atoms with Gasteiger partial charge in [0, 0.05) is 17.5 Å². The second-order valence-electron chi connectivity index (χ2n) is 4.64. The topological polar surface area (TPSA) is 59.1 Å². The zero-order valence-corrected chi connectivity index (χ0v) is 13.1. The fourth-order valence-corrected chi connectivity index (χ4v) is 3.77. The maximum absolute atomic E-state index is 12.1. The highest BCUT2D eigenvalue weighted by molar-refractivity contribution is 7.92. The van der Waals surface area contributed by atoms with Gasteiger partial charge in [-0.15, -0.1) is 11.6 Å². The van der Waals surface area contributed by atoms with Crippen LogP contribution in [-0.2, 0) is 10.0 Å². The average molecular weight is 333 g/mol. The van der Waals surface area contributed by atoms with Crippen LogP contribution in [0.5, 0.6) is 0 Å². The van der Waals surface area contributed by atoms with Crippen molar-refractivity contribution in [1.82, 2.24) is 4.98 Å². The molecule has 1 unspecified atom stereocenters. The first-order valence-electron chi connectivity index (χ1n) is 6.02. The predicted octanol–water partition coefficient (Wildman–Crippen LogP) is 3.50. The number of aromatic nitrogens is 1. The molecule has 0 aliphatic carbocycles. The fraction of sp³-hybridized carbons (Fsp3) is 0.308. The van der Waals surface area contributed by atoms with Crippen molar-refractivity contribution in [2.45, 2.75) is 6.92 Å². The van der Waals surface area contributed by atoms with Crippen LogP contribution < -0.4 is 4.72 Å². The molecule has 1 heterocycles. The van der Waals surface area contributed by atoms with Crippen molar-refractivity contribution in [2.75, 3.05) is 16.4 Å². The van der Waals surface area contributed by atoms with E-state index in [1.165, 1.54) is 0 Å². The van der Waals surface area contributed by atoms with Crippen LogP contribution in [0.4, 0.5) is 5.69 Å². The molecule has 20 heavy (non-hydrogen) atoms. The van der Waals surface area contributed by atoms with Gasteiger partial charge in [0.15, 0.2) is 0 Å². The van der Waals surface area contributed by atoms with Crippen LogP contribution in [0, 0.1) is 5.92 Å². The molecule has 2 aromatic rings. The number of hydrogen-bond acceptors (Lipinski definition) is 3. The number of sulfonamides is 1. The van der Waals surface area contributed by atoms with E-state index in [1.54, 1.807) is 37.4 Å². The summed E-state index contributed by atoms with van der Waals surface area (Å²) in [4.78, 5) is 4.16. The van der Waals surface area contributed by atoms with Gasteiger partial charge in [-0.1, -0.05) is 18.5 Å². The Morgan fingerprint density at radius 1 is 1.35 bits per heavy atom. The fourth-order valence-electron chi connectivity index (χ4n) is 1.86. The largest absolute Gasteiger partial charge is 0.283 e. The maximum Gasteiger partial charge on any atom is 0.233 e. The number of benzene rings is 1. The third-order valence-corrected chi connectivity index (χ3v) is 5.12. The predicted molar refractivity (Wildman–Crippen MR) is 84.0 cm³/mol.